The monoisotopic (exact) mass is 636 g/mol. The van der Waals surface area contributed by atoms with Crippen molar-refractivity contribution in [2.24, 2.45) is 10.8 Å². The molecule has 0 saturated heterocycles. The zero-order valence-electron chi connectivity index (χ0n) is 26.2. The molecule has 2 aromatic carbocycles. The van der Waals surface area contributed by atoms with Crippen molar-refractivity contribution in [2.75, 3.05) is 0 Å². The molecule has 0 aliphatic heterocycles. The Hall–Kier alpha value is -3.43. The Kier molecular flexibility index (Phi) is 8.59. The minimum absolute atomic E-state index is 0.00173. The van der Waals surface area contributed by atoms with E-state index in [1.165, 1.54) is 28.3 Å². The van der Waals surface area contributed by atoms with Crippen LogP contribution < -0.4 is 19.5 Å². The van der Waals surface area contributed by atoms with Gasteiger partial charge in [0.2, 0.25) is 0 Å². The van der Waals surface area contributed by atoms with Crippen LogP contribution in [0.5, 0.6) is 5.75 Å². The molecular weight excluding hydrogens is 599 g/mol. The molecule has 4 aromatic rings. The van der Waals surface area contributed by atoms with E-state index < -0.39 is 17.0 Å². The number of carbonyl (C=O) groups excluding carboxylic acids is 1. The molecule has 2 aromatic heterocycles. The largest absolute Gasteiger partial charge is 0.489 e. The summed E-state index contributed by atoms with van der Waals surface area (Å²) in [6.45, 7) is 14.9. The zero-order valence-corrected chi connectivity index (χ0v) is 27.8. The highest BCUT2D eigenvalue weighted by Crippen LogP contribution is 2.47. The van der Waals surface area contributed by atoms with E-state index >= 15 is 0 Å². The Morgan fingerprint density at radius 1 is 1.09 bits per heavy atom. The molecule has 0 unspecified atom stereocenters. The summed E-state index contributed by atoms with van der Waals surface area (Å²) in [7, 11) is 0. The number of ketones is 1. The highest BCUT2D eigenvalue weighted by atomic mass is 32.1. The van der Waals surface area contributed by atoms with Crippen LogP contribution in [0.4, 0.5) is 8.78 Å². The molecule has 44 heavy (non-hydrogen) atoms. The molecular formula is C35H38F2N2O3S2. The first-order chi connectivity index (χ1) is 20.5. The lowest BCUT2D eigenvalue weighted by Gasteiger charge is -2.39. The molecule has 0 spiro atoms. The summed E-state index contributed by atoms with van der Waals surface area (Å²) in [5.74, 6) is -0.905. The minimum Gasteiger partial charge on any atom is -0.489 e. The van der Waals surface area contributed by atoms with Crippen molar-refractivity contribution in [1.82, 2.24) is 9.55 Å². The van der Waals surface area contributed by atoms with E-state index in [9.17, 15) is 18.4 Å². The van der Waals surface area contributed by atoms with Crippen molar-refractivity contribution < 1.29 is 18.3 Å². The van der Waals surface area contributed by atoms with Gasteiger partial charge in [-0.05, 0) is 54.2 Å². The first-order valence-corrected chi connectivity index (χ1v) is 16.3. The van der Waals surface area contributed by atoms with Gasteiger partial charge in [-0.1, -0.05) is 60.6 Å². The third-order valence-corrected chi connectivity index (χ3v) is 10.2. The summed E-state index contributed by atoms with van der Waals surface area (Å²) in [5.41, 5.74) is 1.41. The predicted octanol–water partition coefficient (Wildman–Crippen LogP) is 6.75. The Labute approximate surface area is 264 Å². The van der Waals surface area contributed by atoms with Crippen LogP contribution >= 0.6 is 22.7 Å². The number of aromatic nitrogens is 2. The summed E-state index contributed by atoms with van der Waals surface area (Å²) in [5, 5.41) is 0.855. The van der Waals surface area contributed by atoms with Gasteiger partial charge in [0.25, 0.3) is 5.56 Å². The topological polar surface area (TPSA) is 61.2 Å². The van der Waals surface area contributed by atoms with Gasteiger partial charge < -0.3 is 4.74 Å². The zero-order chi connectivity index (χ0) is 32.0. The molecule has 9 heteroatoms. The lowest BCUT2D eigenvalue weighted by Crippen LogP contribution is -2.33. The van der Waals surface area contributed by atoms with E-state index in [1.807, 2.05) is 26.8 Å². The summed E-state index contributed by atoms with van der Waals surface area (Å²) in [4.78, 5) is 33.2. The number of carbonyl (C=O) groups is 1. The van der Waals surface area contributed by atoms with E-state index in [-0.39, 0.29) is 40.9 Å². The second-order valence-corrected chi connectivity index (χ2v) is 16.1. The van der Waals surface area contributed by atoms with Gasteiger partial charge in [0.1, 0.15) is 33.7 Å². The standard InChI is InChI=1S/C35H38F2N2O3S2/c1-33(2,3)28(40)16-30-39(18-29-38-26-17-34(4,5)20-35(6,7)31(26)44-29)32(41)27(43-30)14-21-9-8-10-24(13-21)42-19-22-11-12-23(36)15-25(22)37/h8-16H,17-20H2,1-7H3/b27-14-,30-16-. The Balaban J connectivity index is 1.51. The average Bonchev–Trinajstić information content (AvgIpc) is 3.43. The molecule has 0 bridgehead atoms. The summed E-state index contributed by atoms with van der Waals surface area (Å²) in [6, 6.07) is 10.5. The molecule has 1 aliphatic carbocycles. The van der Waals surface area contributed by atoms with E-state index in [2.05, 4.69) is 27.7 Å². The van der Waals surface area contributed by atoms with Crippen molar-refractivity contribution in [3.8, 4) is 5.75 Å². The smallest absolute Gasteiger partial charge is 0.269 e. The Morgan fingerprint density at radius 3 is 2.55 bits per heavy atom. The van der Waals surface area contributed by atoms with E-state index in [1.54, 1.807) is 46.3 Å². The number of thiazole rings is 2. The second-order valence-electron chi connectivity index (χ2n) is 14.0. The maximum Gasteiger partial charge on any atom is 0.269 e. The molecule has 0 amide bonds. The normalized spacial score (nSPS) is 16.7. The third kappa shape index (κ3) is 7.10. The Bertz CT molecular complexity index is 1910. The number of Topliss-reactive ketones (excluding diaryl/α,β-unsaturated/α-hetero) is 1. The quantitative estimate of drug-likeness (QED) is 0.225. The predicted molar refractivity (Wildman–Crippen MR) is 174 cm³/mol. The fourth-order valence-corrected chi connectivity index (χ4v) is 8.02. The van der Waals surface area contributed by atoms with Gasteiger partial charge in [0, 0.05) is 33.4 Å². The second kappa shape index (κ2) is 11.8. The van der Waals surface area contributed by atoms with Crippen molar-refractivity contribution in [3.05, 3.63) is 100 Å². The first kappa shape index (κ1) is 32.0. The number of ether oxygens (including phenoxy) is 1. The highest BCUT2D eigenvalue weighted by Gasteiger charge is 2.40. The van der Waals surface area contributed by atoms with Crippen LogP contribution in [0, 0.1) is 22.5 Å². The number of fused-ring (bicyclic) bond motifs is 1. The SMILES string of the molecule is CC1(C)Cc2nc(Cn3c(=O)/c(=C/c4cccc(OCc5ccc(F)cc5F)c4)s/c3=C\C(=O)C(C)(C)C)sc2C(C)(C)C1. The van der Waals surface area contributed by atoms with Gasteiger partial charge in [-0.15, -0.1) is 22.7 Å². The molecule has 1 aliphatic rings. The van der Waals surface area contributed by atoms with Crippen molar-refractivity contribution in [2.45, 2.75) is 79.9 Å². The molecule has 0 fully saturated rings. The van der Waals surface area contributed by atoms with Crippen molar-refractivity contribution in [1.29, 1.82) is 0 Å². The Morgan fingerprint density at radius 2 is 1.84 bits per heavy atom. The van der Waals surface area contributed by atoms with E-state index in [0.29, 0.717) is 14.9 Å². The van der Waals surface area contributed by atoms with E-state index in [4.69, 9.17) is 9.72 Å². The number of hydrogen-bond donors (Lipinski definition) is 0. The summed E-state index contributed by atoms with van der Waals surface area (Å²) < 4.78 is 35.8. The van der Waals surface area contributed by atoms with Crippen molar-refractivity contribution >= 4 is 40.6 Å². The lowest BCUT2D eigenvalue weighted by molar-refractivity contribution is -0.120. The lowest BCUT2D eigenvalue weighted by atomic mass is 9.67. The molecule has 5 rings (SSSR count). The van der Waals surface area contributed by atoms with Crippen LogP contribution in [0.2, 0.25) is 0 Å². The fourth-order valence-electron chi connectivity index (χ4n) is 5.81. The average molecular weight is 637 g/mol. The molecule has 0 atom stereocenters. The van der Waals surface area contributed by atoms with Gasteiger partial charge in [0.15, 0.2) is 5.78 Å². The maximum absolute atomic E-state index is 14.1. The van der Waals surface area contributed by atoms with Gasteiger partial charge in [-0.3, -0.25) is 14.2 Å². The number of hydrogen-bond acceptors (Lipinski definition) is 6. The minimum atomic E-state index is -0.672. The van der Waals surface area contributed by atoms with Crippen LogP contribution in [0.25, 0.3) is 12.2 Å². The van der Waals surface area contributed by atoms with Gasteiger partial charge in [-0.2, -0.15) is 0 Å². The van der Waals surface area contributed by atoms with E-state index in [0.717, 1.165) is 35.2 Å². The molecule has 5 nitrogen and oxygen atoms in total. The van der Waals surface area contributed by atoms with Crippen LogP contribution in [0.15, 0.2) is 47.3 Å². The van der Waals surface area contributed by atoms with Crippen LogP contribution in [0.1, 0.15) is 81.6 Å². The molecule has 0 N–H and O–H groups in total. The number of nitrogens with zero attached hydrogens (tertiary/aromatic N) is 2. The summed E-state index contributed by atoms with van der Waals surface area (Å²) in [6.07, 6.45) is 5.30. The van der Waals surface area contributed by atoms with Gasteiger partial charge in [0.05, 0.1) is 16.8 Å². The maximum atomic E-state index is 14.1. The first-order valence-electron chi connectivity index (χ1n) is 14.6. The third-order valence-electron chi connectivity index (χ3n) is 7.71. The molecule has 0 saturated carbocycles. The number of benzene rings is 2. The van der Waals surface area contributed by atoms with Crippen LogP contribution in [0.3, 0.4) is 0 Å². The molecule has 0 radical (unpaired) electrons. The molecule has 2 heterocycles. The summed E-state index contributed by atoms with van der Waals surface area (Å²) >= 11 is 2.93. The van der Waals surface area contributed by atoms with Gasteiger partial charge in [-0.25, -0.2) is 13.8 Å². The van der Waals surface area contributed by atoms with Gasteiger partial charge >= 0.3 is 0 Å². The van der Waals surface area contributed by atoms with Crippen molar-refractivity contribution in [3.63, 3.8) is 0 Å². The molecule has 232 valence electrons. The highest BCUT2D eigenvalue weighted by molar-refractivity contribution is 7.12. The fraction of sp³-hybridized carbons (Fsp3) is 0.400. The number of rotatable bonds is 7. The number of halogens is 2. The van der Waals surface area contributed by atoms with Crippen LogP contribution in [-0.4, -0.2) is 15.3 Å². The van der Waals surface area contributed by atoms with Crippen LogP contribution in [-0.2, 0) is 29.8 Å².